The Bertz CT molecular complexity index is 519. The van der Waals surface area contributed by atoms with Gasteiger partial charge in [-0.15, -0.1) is 0 Å². The van der Waals surface area contributed by atoms with Gasteiger partial charge in [-0.2, -0.15) is 5.10 Å². The second kappa shape index (κ2) is 4.16. The van der Waals surface area contributed by atoms with Crippen molar-refractivity contribution in [3.05, 3.63) is 23.7 Å². The summed E-state index contributed by atoms with van der Waals surface area (Å²) in [5, 5.41) is 4.27. The summed E-state index contributed by atoms with van der Waals surface area (Å²) in [4.78, 5) is 8.72. The second-order valence-corrected chi connectivity index (χ2v) is 4.45. The largest absolute Gasteiger partial charge is 0.383 e. The monoisotopic (exact) mass is 231 g/mol. The summed E-state index contributed by atoms with van der Waals surface area (Å²) >= 11 is 0. The molecule has 90 valence electrons. The zero-order chi connectivity index (χ0) is 12.6. The van der Waals surface area contributed by atoms with E-state index < -0.39 is 0 Å². The fourth-order valence-corrected chi connectivity index (χ4v) is 1.52. The van der Waals surface area contributed by atoms with Crippen molar-refractivity contribution in [1.82, 2.24) is 19.7 Å². The highest BCUT2D eigenvalue weighted by Crippen LogP contribution is 2.20. The van der Waals surface area contributed by atoms with Crippen molar-refractivity contribution in [2.75, 3.05) is 5.73 Å². The molecule has 0 aliphatic rings. The van der Waals surface area contributed by atoms with Crippen molar-refractivity contribution in [1.29, 1.82) is 0 Å². The van der Waals surface area contributed by atoms with Gasteiger partial charge in [0.1, 0.15) is 5.82 Å². The quantitative estimate of drug-likeness (QED) is 0.859. The first-order chi connectivity index (χ1) is 7.99. The second-order valence-electron chi connectivity index (χ2n) is 4.45. The van der Waals surface area contributed by atoms with E-state index >= 15 is 0 Å². The normalized spacial score (nSPS) is 11.1. The van der Waals surface area contributed by atoms with Crippen LogP contribution in [-0.4, -0.2) is 19.7 Å². The molecular weight excluding hydrogens is 214 g/mol. The number of hydrogen-bond donors (Lipinski definition) is 1. The van der Waals surface area contributed by atoms with E-state index in [1.165, 1.54) is 0 Å². The third-order valence-electron chi connectivity index (χ3n) is 2.82. The minimum absolute atomic E-state index is 0.327. The van der Waals surface area contributed by atoms with E-state index in [4.69, 9.17) is 5.73 Å². The van der Waals surface area contributed by atoms with Crippen LogP contribution in [0.3, 0.4) is 0 Å². The van der Waals surface area contributed by atoms with Crippen LogP contribution in [0.1, 0.15) is 31.1 Å². The third-order valence-corrected chi connectivity index (χ3v) is 2.82. The summed E-state index contributed by atoms with van der Waals surface area (Å²) in [6.45, 7) is 8.01. The smallest absolute Gasteiger partial charge is 0.164 e. The summed E-state index contributed by atoms with van der Waals surface area (Å²) in [7, 11) is 0. The number of aryl methyl sites for hydroxylation is 1. The Labute approximate surface area is 101 Å². The van der Waals surface area contributed by atoms with Gasteiger partial charge in [-0.3, -0.25) is 4.68 Å². The lowest BCUT2D eigenvalue weighted by molar-refractivity contribution is 0.532. The molecule has 0 fully saturated rings. The molecule has 5 nitrogen and oxygen atoms in total. The average Bonchev–Trinajstić information content (AvgIpc) is 2.74. The molecule has 2 heterocycles. The molecule has 2 rings (SSSR count). The van der Waals surface area contributed by atoms with Crippen LogP contribution in [0.25, 0.3) is 11.4 Å². The van der Waals surface area contributed by atoms with Crippen LogP contribution in [0.2, 0.25) is 0 Å². The molecule has 0 bridgehead atoms. The van der Waals surface area contributed by atoms with Crippen molar-refractivity contribution >= 4 is 5.82 Å². The lowest BCUT2D eigenvalue weighted by atomic mass is 10.2. The van der Waals surface area contributed by atoms with E-state index in [2.05, 4.69) is 28.9 Å². The first-order valence-electron chi connectivity index (χ1n) is 5.64. The lowest BCUT2D eigenvalue weighted by Crippen LogP contribution is -2.02. The van der Waals surface area contributed by atoms with E-state index in [0.29, 0.717) is 17.7 Å². The highest BCUT2D eigenvalue weighted by Gasteiger charge is 2.10. The van der Waals surface area contributed by atoms with Crippen molar-refractivity contribution < 1.29 is 0 Å². The Balaban J connectivity index is 2.46. The average molecular weight is 231 g/mol. The van der Waals surface area contributed by atoms with Crippen LogP contribution in [0, 0.1) is 13.8 Å². The minimum atomic E-state index is 0.327. The summed E-state index contributed by atoms with van der Waals surface area (Å²) in [5.41, 5.74) is 8.59. The first kappa shape index (κ1) is 11.6. The lowest BCUT2D eigenvalue weighted by Gasteiger charge is -2.05. The molecule has 0 spiro atoms. The number of nitrogens with zero attached hydrogens (tertiary/aromatic N) is 4. The molecule has 0 atom stereocenters. The number of nitrogen functional groups attached to an aromatic ring is 1. The summed E-state index contributed by atoms with van der Waals surface area (Å²) < 4.78 is 1.88. The van der Waals surface area contributed by atoms with E-state index in [0.717, 1.165) is 16.8 Å². The van der Waals surface area contributed by atoms with Gasteiger partial charge >= 0.3 is 0 Å². The van der Waals surface area contributed by atoms with E-state index in [1.54, 1.807) is 6.20 Å². The molecule has 5 heteroatoms. The molecule has 2 aromatic rings. The Kier molecular flexibility index (Phi) is 2.83. The van der Waals surface area contributed by atoms with Gasteiger partial charge in [0.2, 0.25) is 0 Å². The molecule has 0 unspecified atom stereocenters. The van der Waals surface area contributed by atoms with Crippen LogP contribution in [0.15, 0.2) is 12.4 Å². The minimum Gasteiger partial charge on any atom is -0.383 e. The van der Waals surface area contributed by atoms with Crippen molar-refractivity contribution in [2.24, 2.45) is 0 Å². The highest BCUT2D eigenvalue weighted by molar-refractivity contribution is 5.56. The number of anilines is 1. The van der Waals surface area contributed by atoms with Crippen LogP contribution < -0.4 is 5.73 Å². The number of rotatable bonds is 2. The molecule has 2 N–H and O–H groups in total. The highest BCUT2D eigenvalue weighted by atomic mass is 15.3. The van der Waals surface area contributed by atoms with Gasteiger partial charge < -0.3 is 5.73 Å². The topological polar surface area (TPSA) is 69.6 Å². The van der Waals surface area contributed by atoms with E-state index in [-0.39, 0.29) is 0 Å². The van der Waals surface area contributed by atoms with Crippen molar-refractivity contribution in [3.63, 3.8) is 0 Å². The Morgan fingerprint density at radius 2 is 1.94 bits per heavy atom. The van der Waals surface area contributed by atoms with E-state index in [1.807, 2.05) is 24.7 Å². The maximum atomic E-state index is 5.85. The van der Waals surface area contributed by atoms with Gasteiger partial charge in [0.05, 0.1) is 11.8 Å². The zero-order valence-electron chi connectivity index (χ0n) is 10.6. The third kappa shape index (κ3) is 2.13. The molecule has 0 saturated heterocycles. The molecule has 2 aromatic heterocycles. The molecule has 0 aliphatic heterocycles. The van der Waals surface area contributed by atoms with Gasteiger partial charge in [0.15, 0.2) is 5.82 Å². The fourth-order valence-electron chi connectivity index (χ4n) is 1.52. The van der Waals surface area contributed by atoms with Crippen LogP contribution in [0.5, 0.6) is 0 Å². The zero-order valence-corrected chi connectivity index (χ0v) is 10.6. The van der Waals surface area contributed by atoms with Gasteiger partial charge in [-0.05, 0) is 27.7 Å². The standard InChI is InChI=1S/C12H17N5/c1-7(2)17-6-10(5-14-17)12-15-9(4)8(3)11(13)16-12/h5-7H,1-4H3,(H2,13,15,16). The van der Waals surface area contributed by atoms with Crippen molar-refractivity contribution in [3.8, 4) is 11.4 Å². The van der Waals surface area contributed by atoms with Gasteiger partial charge in [-0.25, -0.2) is 9.97 Å². The molecule has 0 amide bonds. The Hall–Kier alpha value is -1.91. The molecule has 0 aromatic carbocycles. The maximum Gasteiger partial charge on any atom is 0.164 e. The van der Waals surface area contributed by atoms with Crippen molar-refractivity contribution in [2.45, 2.75) is 33.7 Å². The molecule has 0 saturated carbocycles. The van der Waals surface area contributed by atoms with Crippen LogP contribution in [0.4, 0.5) is 5.82 Å². The maximum absolute atomic E-state index is 5.85. The Morgan fingerprint density at radius 3 is 2.47 bits per heavy atom. The van der Waals surface area contributed by atoms with Crippen LogP contribution in [-0.2, 0) is 0 Å². The SMILES string of the molecule is Cc1nc(-c2cnn(C(C)C)c2)nc(N)c1C. The number of aromatic nitrogens is 4. The molecule has 0 radical (unpaired) electrons. The predicted octanol–water partition coefficient (Wildman–Crippen LogP) is 2.12. The van der Waals surface area contributed by atoms with Crippen LogP contribution >= 0.6 is 0 Å². The summed E-state index contributed by atoms with van der Waals surface area (Å²) in [6.07, 6.45) is 3.71. The van der Waals surface area contributed by atoms with E-state index in [9.17, 15) is 0 Å². The summed E-state index contributed by atoms with van der Waals surface area (Å²) in [5.74, 6) is 1.17. The Morgan fingerprint density at radius 1 is 1.24 bits per heavy atom. The fraction of sp³-hybridized carbons (Fsp3) is 0.417. The number of hydrogen-bond acceptors (Lipinski definition) is 4. The molecule has 0 aliphatic carbocycles. The predicted molar refractivity (Wildman–Crippen MR) is 67.5 cm³/mol. The molecule has 17 heavy (non-hydrogen) atoms. The van der Waals surface area contributed by atoms with Gasteiger partial charge in [0.25, 0.3) is 0 Å². The first-order valence-corrected chi connectivity index (χ1v) is 5.64. The summed E-state index contributed by atoms with van der Waals surface area (Å²) in [6, 6.07) is 0.327. The van der Waals surface area contributed by atoms with Gasteiger partial charge in [0, 0.05) is 23.5 Å². The molecular formula is C12H17N5. The number of nitrogens with two attached hydrogens (primary N) is 1. The van der Waals surface area contributed by atoms with Gasteiger partial charge in [-0.1, -0.05) is 0 Å².